The number of aliphatic hydroxyl groups excluding tert-OH is 1. The number of rotatable bonds is 3. The highest BCUT2D eigenvalue weighted by molar-refractivity contribution is 7.16. The van der Waals surface area contributed by atoms with Crippen LogP contribution in [-0.2, 0) is 0 Å². The van der Waals surface area contributed by atoms with E-state index in [0.717, 1.165) is 35.3 Å². The molecule has 1 aliphatic rings. The van der Waals surface area contributed by atoms with Crippen LogP contribution < -0.4 is 11.1 Å². The van der Waals surface area contributed by atoms with Gasteiger partial charge in [-0.15, -0.1) is 11.3 Å². The molecule has 1 aliphatic carbocycles. The second-order valence-corrected chi connectivity index (χ2v) is 5.59. The summed E-state index contributed by atoms with van der Waals surface area (Å²) in [6.45, 7) is 0.227. The minimum absolute atomic E-state index is 0.227. The number of aliphatic hydroxyl groups is 1. The summed E-state index contributed by atoms with van der Waals surface area (Å²) in [4.78, 5) is 9.40. The van der Waals surface area contributed by atoms with Crippen molar-refractivity contribution in [2.45, 2.75) is 25.3 Å². The van der Waals surface area contributed by atoms with Crippen LogP contribution in [0.1, 0.15) is 19.3 Å². The van der Waals surface area contributed by atoms with Crippen molar-refractivity contribution >= 4 is 33.3 Å². The lowest BCUT2D eigenvalue weighted by Gasteiger charge is -2.20. The van der Waals surface area contributed by atoms with Crippen molar-refractivity contribution in [3.8, 4) is 0 Å². The van der Waals surface area contributed by atoms with Gasteiger partial charge in [-0.3, -0.25) is 0 Å². The zero-order chi connectivity index (χ0) is 12.5. The largest absolute Gasteiger partial charge is 0.396 e. The number of anilines is 2. The molecule has 0 spiro atoms. The van der Waals surface area contributed by atoms with Gasteiger partial charge in [-0.05, 0) is 24.3 Å². The third-order valence-corrected chi connectivity index (χ3v) is 4.36. The minimum Gasteiger partial charge on any atom is -0.396 e. The van der Waals surface area contributed by atoms with E-state index in [4.69, 9.17) is 5.73 Å². The second-order valence-electron chi connectivity index (χ2n) is 4.69. The molecule has 2 atom stereocenters. The molecule has 96 valence electrons. The van der Waals surface area contributed by atoms with Crippen LogP contribution in [0.3, 0.4) is 0 Å². The predicted molar refractivity (Wildman–Crippen MR) is 73.7 cm³/mol. The summed E-state index contributed by atoms with van der Waals surface area (Å²) >= 11 is 1.56. The van der Waals surface area contributed by atoms with E-state index >= 15 is 0 Å². The Balaban J connectivity index is 1.92. The maximum atomic E-state index is 9.35. The Labute approximate surface area is 109 Å². The van der Waals surface area contributed by atoms with Crippen LogP contribution >= 0.6 is 11.3 Å². The molecule has 4 N–H and O–H groups in total. The summed E-state index contributed by atoms with van der Waals surface area (Å²) in [6, 6.07) is 2.29. The highest BCUT2D eigenvalue weighted by atomic mass is 32.1. The van der Waals surface area contributed by atoms with Crippen molar-refractivity contribution in [1.29, 1.82) is 0 Å². The quantitative estimate of drug-likeness (QED) is 0.788. The molecule has 0 aromatic carbocycles. The molecule has 2 aromatic heterocycles. The van der Waals surface area contributed by atoms with Crippen LogP contribution in [0.25, 0.3) is 10.2 Å². The molecule has 1 saturated carbocycles. The van der Waals surface area contributed by atoms with Crippen molar-refractivity contribution in [2.24, 2.45) is 5.92 Å². The molecule has 0 amide bonds. The Morgan fingerprint density at radius 2 is 2.33 bits per heavy atom. The molecule has 0 aliphatic heterocycles. The van der Waals surface area contributed by atoms with E-state index in [1.165, 1.54) is 0 Å². The van der Waals surface area contributed by atoms with Gasteiger partial charge in [0.05, 0.1) is 5.39 Å². The zero-order valence-electron chi connectivity index (χ0n) is 9.97. The summed E-state index contributed by atoms with van der Waals surface area (Å²) < 4.78 is 0. The first-order valence-electron chi connectivity index (χ1n) is 6.16. The van der Waals surface area contributed by atoms with Crippen LogP contribution in [0, 0.1) is 5.92 Å². The number of aromatic nitrogens is 2. The van der Waals surface area contributed by atoms with Gasteiger partial charge >= 0.3 is 0 Å². The first-order chi connectivity index (χ1) is 8.78. The summed E-state index contributed by atoms with van der Waals surface area (Å²) in [5, 5.41) is 15.8. The van der Waals surface area contributed by atoms with Crippen LogP contribution in [0.15, 0.2) is 11.4 Å². The normalized spacial score (nSPS) is 23.6. The summed E-state index contributed by atoms with van der Waals surface area (Å²) in [6.07, 6.45) is 3.29. The van der Waals surface area contributed by atoms with Crippen molar-refractivity contribution < 1.29 is 5.11 Å². The Kier molecular flexibility index (Phi) is 3.05. The van der Waals surface area contributed by atoms with Gasteiger partial charge in [-0.2, -0.15) is 4.98 Å². The first-order valence-corrected chi connectivity index (χ1v) is 7.04. The van der Waals surface area contributed by atoms with Crippen molar-refractivity contribution in [3.05, 3.63) is 11.4 Å². The van der Waals surface area contributed by atoms with Gasteiger partial charge in [0.2, 0.25) is 5.95 Å². The lowest BCUT2D eigenvalue weighted by Crippen LogP contribution is -2.27. The van der Waals surface area contributed by atoms with E-state index in [1.54, 1.807) is 11.3 Å². The summed E-state index contributed by atoms with van der Waals surface area (Å²) in [5.74, 6) is 1.41. The topological polar surface area (TPSA) is 84.1 Å². The lowest BCUT2D eigenvalue weighted by atomic mass is 10.1. The maximum absolute atomic E-state index is 9.35. The average molecular weight is 264 g/mol. The van der Waals surface area contributed by atoms with E-state index in [1.807, 2.05) is 11.4 Å². The molecule has 2 aromatic rings. The molecule has 0 radical (unpaired) electrons. The molecular formula is C12H16N4OS. The average Bonchev–Trinajstić information content (AvgIpc) is 2.96. The van der Waals surface area contributed by atoms with Crippen molar-refractivity contribution in [2.75, 3.05) is 17.7 Å². The number of hydrogen-bond donors (Lipinski definition) is 3. The summed E-state index contributed by atoms with van der Waals surface area (Å²) in [5.41, 5.74) is 5.72. The van der Waals surface area contributed by atoms with Crippen LogP contribution in [0.4, 0.5) is 11.8 Å². The van der Waals surface area contributed by atoms with Gasteiger partial charge in [0.1, 0.15) is 10.6 Å². The Bertz CT molecular complexity index is 556. The molecule has 1 fully saturated rings. The number of nitrogens with zero attached hydrogens (tertiary/aromatic N) is 2. The number of nitrogens with two attached hydrogens (primary N) is 1. The standard InChI is InChI=1S/C12H16N4OS/c13-12-15-10(8-4-5-18-11(8)16-12)14-9-3-1-2-7(9)6-17/h4-5,7,9,17H,1-3,6H2,(H3,13,14,15,16). The van der Waals surface area contributed by atoms with Crippen LogP contribution in [-0.4, -0.2) is 27.7 Å². The van der Waals surface area contributed by atoms with Crippen LogP contribution in [0.5, 0.6) is 0 Å². The molecule has 0 bridgehead atoms. The minimum atomic E-state index is 0.227. The Morgan fingerprint density at radius 3 is 3.17 bits per heavy atom. The van der Waals surface area contributed by atoms with Crippen LogP contribution in [0.2, 0.25) is 0 Å². The zero-order valence-corrected chi connectivity index (χ0v) is 10.8. The SMILES string of the molecule is Nc1nc(NC2CCCC2CO)c2ccsc2n1. The maximum Gasteiger partial charge on any atom is 0.223 e. The third kappa shape index (κ3) is 2.02. The molecule has 5 nitrogen and oxygen atoms in total. The van der Waals surface area contributed by atoms with E-state index in [9.17, 15) is 5.11 Å². The molecular weight excluding hydrogens is 248 g/mol. The number of thiophene rings is 1. The van der Waals surface area contributed by atoms with E-state index in [-0.39, 0.29) is 12.6 Å². The first kappa shape index (κ1) is 11.7. The van der Waals surface area contributed by atoms with E-state index in [2.05, 4.69) is 15.3 Å². The number of fused-ring (bicyclic) bond motifs is 1. The molecule has 3 rings (SSSR count). The molecule has 18 heavy (non-hydrogen) atoms. The van der Waals surface area contributed by atoms with Crippen molar-refractivity contribution in [1.82, 2.24) is 9.97 Å². The fraction of sp³-hybridized carbons (Fsp3) is 0.500. The van der Waals surface area contributed by atoms with Gasteiger partial charge in [0.25, 0.3) is 0 Å². The fourth-order valence-electron chi connectivity index (χ4n) is 2.60. The van der Waals surface area contributed by atoms with Gasteiger partial charge in [-0.1, -0.05) is 6.42 Å². The molecule has 0 saturated heterocycles. The number of nitrogen functional groups attached to an aromatic ring is 1. The van der Waals surface area contributed by atoms with Gasteiger partial charge in [0, 0.05) is 18.6 Å². The third-order valence-electron chi connectivity index (χ3n) is 3.56. The molecule has 6 heteroatoms. The fourth-order valence-corrected chi connectivity index (χ4v) is 3.37. The van der Waals surface area contributed by atoms with Gasteiger partial charge in [0.15, 0.2) is 0 Å². The monoisotopic (exact) mass is 264 g/mol. The van der Waals surface area contributed by atoms with E-state index < -0.39 is 0 Å². The Hall–Kier alpha value is -1.40. The molecule has 2 unspecified atom stereocenters. The second kappa shape index (κ2) is 4.70. The summed E-state index contributed by atoms with van der Waals surface area (Å²) in [7, 11) is 0. The van der Waals surface area contributed by atoms with Gasteiger partial charge < -0.3 is 16.2 Å². The van der Waals surface area contributed by atoms with Crippen molar-refractivity contribution in [3.63, 3.8) is 0 Å². The smallest absolute Gasteiger partial charge is 0.223 e. The highest BCUT2D eigenvalue weighted by Crippen LogP contribution is 2.31. The highest BCUT2D eigenvalue weighted by Gasteiger charge is 2.27. The Morgan fingerprint density at radius 1 is 1.44 bits per heavy atom. The lowest BCUT2D eigenvalue weighted by molar-refractivity contribution is 0.222. The number of nitrogens with one attached hydrogen (secondary N) is 1. The van der Waals surface area contributed by atoms with E-state index in [0.29, 0.717) is 11.9 Å². The molecule has 2 heterocycles. The predicted octanol–water partition coefficient (Wildman–Crippen LogP) is 1.85. The van der Waals surface area contributed by atoms with Gasteiger partial charge in [-0.25, -0.2) is 4.98 Å². The number of hydrogen-bond acceptors (Lipinski definition) is 6.